The van der Waals surface area contributed by atoms with E-state index in [0.717, 1.165) is 18.8 Å². The van der Waals surface area contributed by atoms with E-state index < -0.39 is 6.04 Å². The highest BCUT2D eigenvalue weighted by Crippen LogP contribution is 2.25. The molecule has 1 aromatic carbocycles. The number of para-hydroxylation sites is 1. The molecule has 1 saturated heterocycles. The predicted octanol–water partition coefficient (Wildman–Crippen LogP) is 2.80. The molecule has 0 saturated carbocycles. The van der Waals surface area contributed by atoms with Gasteiger partial charge in [0, 0.05) is 24.5 Å². The molecule has 2 aromatic rings. The Labute approximate surface area is 197 Å². The number of carbonyl (C=O) groups excluding carboxylic acids is 2. The molecule has 174 valence electrons. The fraction of sp³-hybridized carbons (Fsp3) is 0.478. The number of nitrogens with one attached hydrogen (secondary N) is 2. The van der Waals surface area contributed by atoms with Crippen LogP contribution in [0.15, 0.2) is 41.8 Å². The lowest BCUT2D eigenvalue weighted by atomic mass is 10.1. The molecule has 0 spiro atoms. The van der Waals surface area contributed by atoms with Crippen LogP contribution in [-0.4, -0.2) is 74.7 Å². The van der Waals surface area contributed by atoms with Crippen LogP contribution in [0.2, 0.25) is 0 Å². The first kappa shape index (κ1) is 24.6. The Hall–Kier alpha value is -2.07. The van der Waals surface area contributed by atoms with Gasteiger partial charge >= 0.3 is 0 Å². The molecule has 0 unspecified atom stereocenters. The lowest BCUT2D eigenvalue weighted by Crippen LogP contribution is -2.50. The average Bonchev–Trinajstić information content (AvgIpc) is 3.37. The number of thioether (sulfide) groups is 1. The maximum atomic E-state index is 13.1. The number of ether oxygens (including phenoxy) is 2. The fourth-order valence-corrected chi connectivity index (χ4v) is 5.01. The molecule has 32 heavy (non-hydrogen) atoms. The maximum Gasteiger partial charge on any atom is 0.255 e. The summed E-state index contributed by atoms with van der Waals surface area (Å²) >= 11 is 3.34. The topological polar surface area (TPSA) is 79.9 Å². The molecule has 3 rings (SSSR count). The van der Waals surface area contributed by atoms with Crippen molar-refractivity contribution in [1.82, 2.24) is 15.5 Å². The molecule has 0 radical (unpaired) electrons. The Morgan fingerprint density at radius 2 is 2.00 bits per heavy atom. The lowest BCUT2D eigenvalue weighted by Gasteiger charge is -2.34. The second kappa shape index (κ2) is 12.8. The minimum absolute atomic E-state index is 0.0916. The summed E-state index contributed by atoms with van der Waals surface area (Å²) in [4.78, 5) is 29.6. The summed E-state index contributed by atoms with van der Waals surface area (Å²) in [6.07, 6.45) is 2.54. The average molecular weight is 478 g/mol. The second-order valence-corrected chi connectivity index (χ2v) is 9.40. The van der Waals surface area contributed by atoms with Crippen molar-refractivity contribution in [2.24, 2.45) is 0 Å². The first-order valence-electron chi connectivity index (χ1n) is 10.7. The Balaban J connectivity index is 1.67. The number of amides is 2. The van der Waals surface area contributed by atoms with Crippen molar-refractivity contribution in [3.63, 3.8) is 0 Å². The van der Waals surface area contributed by atoms with Crippen LogP contribution in [0.25, 0.3) is 0 Å². The molecule has 2 amide bonds. The molecule has 9 heteroatoms. The summed E-state index contributed by atoms with van der Waals surface area (Å²) in [7, 11) is 1.53. The first-order valence-corrected chi connectivity index (χ1v) is 13.0. The van der Waals surface area contributed by atoms with Crippen LogP contribution >= 0.6 is 23.1 Å². The number of benzene rings is 1. The zero-order valence-electron chi connectivity index (χ0n) is 18.5. The fourth-order valence-electron chi connectivity index (χ4n) is 3.67. The summed E-state index contributed by atoms with van der Waals surface area (Å²) in [5.41, 5.74) is 0.418. The zero-order valence-corrected chi connectivity index (χ0v) is 20.2. The van der Waals surface area contributed by atoms with Crippen molar-refractivity contribution < 1.29 is 19.1 Å². The highest BCUT2D eigenvalue weighted by molar-refractivity contribution is 7.98. The number of methoxy groups -OCH3 is 1. The van der Waals surface area contributed by atoms with Crippen molar-refractivity contribution in [3.8, 4) is 5.75 Å². The van der Waals surface area contributed by atoms with Gasteiger partial charge in [-0.2, -0.15) is 11.8 Å². The highest BCUT2D eigenvalue weighted by Gasteiger charge is 2.27. The third-order valence-electron chi connectivity index (χ3n) is 5.41. The lowest BCUT2D eigenvalue weighted by molar-refractivity contribution is -0.123. The van der Waals surface area contributed by atoms with Crippen LogP contribution in [0, 0.1) is 0 Å². The van der Waals surface area contributed by atoms with Crippen molar-refractivity contribution in [2.75, 3.05) is 52.0 Å². The molecule has 2 atom stereocenters. The van der Waals surface area contributed by atoms with Gasteiger partial charge in [0.2, 0.25) is 5.91 Å². The first-order chi connectivity index (χ1) is 15.6. The number of hydrogen-bond donors (Lipinski definition) is 2. The monoisotopic (exact) mass is 477 g/mol. The minimum Gasteiger partial charge on any atom is -0.496 e. The van der Waals surface area contributed by atoms with Crippen molar-refractivity contribution in [2.45, 2.75) is 18.5 Å². The molecular weight excluding hydrogens is 446 g/mol. The van der Waals surface area contributed by atoms with E-state index in [1.165, 1.54) is 12.0 Å². The molecule has 2 N–H and O–H groups in total. The van der Waals surface area contributed by atoms with Crippen LogP contribution in [0.5, 0.6) is 5.75 Å². The van der Waals surface area contributed by atoms with E-state index in [0.29, 0.717) is 37.5 Å². The predicted molar refractivity (Wildman–Crippen MR) is 130 cm³/mol. The Morgan fingerprint density at radius 3 is 2.69 bits per heavy atom. The Bertz CT molecular complexity index is 857. The molecule has 0 bridgehead atoms. The summed E-state index contributed by atoms with van der Waals surface area (Å²) in [6.45, 7) is 3.54. The molecule has 0 aliphatic carbocycles. The zero-order chi connectivity index (χ0) is 22.8. The van der Waals surface area contributed by atoms with Crippen LogP contribution in [0.3, 0.4) is 0 Å². The SMILES string of the molecule is COc1ccccc1C(=O)N[C@H](CCSC)C(=O)NC[C@H](c1cccs1)N1CCOCC1. The molecule has 7 nitrogen and oxygen atoms in total. The quantitative estimate of drug-likeness (QED) is 0.518. The van der Waals surface area contributed by atoms with Gasteiger partial charge in [0.15, 0.2) is 0 Å². The van der Waals surface area contributed by atoms with E-state index >= 15 is 0 Å². The van der Waals surface area contributed by atoms with E-state index in [1.807, 2.05) is 18.4 Å². The number of carbonyl (C=O) groups is 2. The molecule has 2 heterocycles. The van der Waals surface area contributed by atoms with Gasteiger partial charge in [-0.3, -0.25) is 14.5 Å². The third-order valence-corrected chi connectivity index (χ3v) is 7.03. The van der Waals surface area contributed by atoms with E-state index in [1.54, 1.807) is 41.3 Å². The number of nitrogens with zero attached hydrogens (tertiary/aromatic N) is 1. The standard InChI is InChI=1S/C23H31N3O4S2/c1-29-20-7-4-3-6-17(20)22(27)25-18(9-15-31-2)23(28)24-16-19(21-8-5-14-32-21)26-10-12-30-13-11-26/h3-8,14,18-19H,9-13,15-16H2,1-2H3,(H,24,28)(H,25,27)/t18-,19-/m1/s1. The van der Waals surface area contributed by atoms with Crippen molar-refractivity contribution >= 4 is 34.9 Å². The van der Waals surface area contributed by atoms with Gasteiger partial charge in [-0.1, -0.05) is 18.2 Å². The Morgan fingerprint density at radius 1 is 1.22 bits per heavy atom. The van der Waals surface area contributed by atoms with Gasteiger partial charge in [0.05, 0.1) is 31.9 Å². The van der Waals surface area contributed by atoms with Crippen molar-refractivity contribution in [1.29, 1.82) is 0 Å². The van der Waals surface area contributed by atoms with Crippen LogP contribution in [0.1, 0.15) is 27.7 Å². The van der Waals surface area contributed by atoms with Crippen LogP contribution in [0.4, 0.5) is 0 Å². The van der Waals surface area contributed by atoms with Crippen LogP contribution in [-0.2, 0) is 9.53 Å². The maximum absolute atomic E-state index is 13.1. The normalized spacial score (nSPS) is 16.2. The largest absolute Gasteiger partial charge is 0.496 e. The number of thiophene rings is 1. The van der Waals surface area contributed by atoms with Crippen molar-refractivity contribution in [3.05, 3.63) is 52.2 Å². The van der Waals surface area contributed by atoms with E-state index in [2.05, 4.69) is 27.0 Å². The van der Waals surface area contributed by atoms with E-state index in [9.17, 15) is 9.59 Å². The third kappa shape index (κ3) is 6.71. The smallest absolute Gasteiger partial charge is 0.255 e. The second-order valence-electron chi connectivity index (χ2n) is 7.43. The van der Waals surface area contributed by atoms with E-state index in [-0.39, 0.29) is 17.9 Å². The summed E-state index contributed by atoms with van der Waals surface area (Å²) in [6, 6.07) is 10.6. The molecule has 1 aromatic heterocycles. The summed E-state index contributed by atoms with van der Waals surface area (Å²) < 4.78 is 10.8. The minimum atomic E-state index is -0.617. The molecule has 1 aliphatic rings. The summed E-state index contributed by atoms with van der Waals surface area (Å²) in [5.74, 6) is 0.769. The van der Waals surface area contributed by atoms with E-state index in [4.69, 9.17) is 9.47 Å². The summed E-state index contributed by atoms with van der Waals surface area (Å²) in [5, 5.41) is 8.05. The van der Waals surface area contributed by atoms with Gasteiger partial charge in [-0.05, 0) is 42.0 Å². The molecular formula is C23H31N3O4S2. The van der Waals surface area contributed by atoms with Gasteiger partial charge < -0.3 is 20.1 Å². The van der Waals surface area contributed by atoms with Gasteiger partial charge in [-0.15, -0.1) is 11.3 Å². The Kier molecular flexibility index (Phi) is 9.86. The van der Waals surface area contributed by atoms with Gasteiger partial charge in [0.25, 0.3) is 5.91 Å². The van der Waals surface area contributed by atoms with Gasteiger partial charge in [0.1, 0.15) is 11.8 Å². The van der Waals surface area contributed by atoms with Crippen LogP contribution < -0.4 is 15.4 Å². The van der Waals surface area contributed by atoms with Gasteiger partial charge in [-0.25, -0.2) is 0 Å². The number of morpholine rings is 1. The number of hydrogen-bond acceptors (Lipinski definition) is 7. The highest BCUT2D eigenvalue weighted by atomic mass is 32.2. The number of rotatable bonds is 11. The molecule has 1 fully saturated rings. The molecule has 1 aliphatic heterocycles.